The number of aliphatic hydroxyl groups excluding tert-OH is 1. The normalized spacial score (nSPS) is 39.1. The zero-order valence-corrected chi connectivity index (χ0v) is 8.29. The third-order valence-electron chi connectivity index (χ3n) is 3.15. The van der Waals surface area contributed by atoms with Crippen molar-refractivity contribution in [3.63, 3.8) is 0 Å². The Morgan fingerprint density at radius 2 is 2.00 bits per heavy atom. The zero-order chi connectivity index (χ0) is 9.64. The van der Waals surface area contributed by atoms with Crippen LogP contribution in [0, 0.1) is 17.8 Å². The maximum Gasteiger partial charge on any atom is 0.279 e. The first-order chi connectivity index (χ1) is 6.10. The lowest BCUT2D eigenvalue weighted by Gasteiger charge is -2.17. The molecule has 13 heavy (non-hydrogen) atoms. The van der Waals surface area contributed by atoms with Crippen LogP contribution in [0.4, 0.5) is 0 Å². The number of aliphatic hydroxyl groups is 1. The summed E-state index contributed by atoms with van der Waals surface area (Å²) in [5, 5.41) is 8.87. The topological polar surface area (TPSA) is 69.6 Å². The van der Waals surface area contributed by atoms with E-state index in [4.69, 9.17) is 5.11 Å². The molecule has 6 heteroatoms. The second-order valence-electron chi connectivity index (χ2n) is 3.70. The minimum atomic E-state index is -3.23. The van der Waals surface area contributed by atoms with Gasteiger partial charge in [0, 0.05) is 26.7 Å². The van der Waals surface area contributed by atoms with E-state index in [0.717, 1.165) is 0 Å². The van der Waals surface area contributed by atoms with Crippen LogP contribution in [0.2, 0.25) is 0 Å². The van der Waals surface area contributed by atoms with Crippen molar-refractivity contribution < 1.29 is 13.5 Å². The minimum Gasteiger partial charge on any atom is -0.396 e. The molecule has 1 saturated carbocycles. The maximum absolute atomic E-state index is 11.3. The zero-order valence-electron chi connectivity index (χ0n) is 7.47. The van der Waals surface area contributed by atoms with E-state index in [2.05, 4.69) is 4.72 Å². The molecular weight excluding hydrogens is 192 g/mol. The summed E-state index contributed by atoms with van der Waals surface area (Å²) in [5.41, 5.74) is 0. The molecule has 0 aromatic carbocycles. The van der Waals surface area contributed by atoms with Gasteiger partial charge in [-0.2, -0.15) is 12.7 Å². The molecule has 2 fully saturated rings. The highest BCUT2D eigenvalue weighted by Gasteiger charge is 2.57. The maximum atomic E-state index is 11.3. The number of piperidine rings is 1. The van der Waals surface area contributed by atoms with Gasteiger partial charge in [0.15, 0.2) is 0 Å². The fourth-order valence-corrected chi connectivity index (χ4v) is 3.20. The fraction of sp³-hybridized carbons (Fsp3) is 1.00. The molecule has 5 nitrogen and oxygen atoms in total. The van der Waals surface area contributed by atoms with Gasteiger partial charge in [-0.3, -0.25) is 0 Å². The van der Waals surface area contributed by atoms with E-state index >= 15 is 0 Å². The SMILES string of the molecule is CNS(=O)(=O)N1C[C@@H]2C(CO)[C@@H]2C1. The monoisotopic (exact) mass is 206 g/mol. The standard InChI is InChI=1S/C7H14N2O3S/c1-8-13(11,12)9-2-5-6(3-9)7(5)4-10/h5-8,10H,2-4H2,1H3/t5-,6+,7?. The molecule has 3 atom stereocenters. The third kappa shape index (κ3) is 1.38. The molecule has 1 aliphatic carbocycles. The average Bonchev–Trinajstić information content (AvgIpc) is 2.57. The number of hydrogen-bond donors (Lipinski definition) is 2. The predicted octanol–water partition coefficient (Wildman–Crippen LogP) is -1.38. The Bertz CT molecular complexity index is 291. The molecule has 0 aromatic rings. The second kappa shape index (κ2) is 2.91. The van der Waals surface area contributed by atoms with Crippen LogP contribution in [0.25, 0.3) is 0 Å². The van der Waals surface area contributed by atoms with Crippen LogP contribution in [-0.2, 0) is 10.2 Å². The van der Waals surface area contributed by atoms with Crippen LogP contribution in [-0.4, -0.2) is 44.6 Å². The summed E-state index contributed by atoms with van der Waals surface area (Å²) in [4.78, 5) is 0. The summed E-state index contributed by atoms with van der Waals surface area (Å²) >= 11 is 0. The van der Waals surface area contributed by atoms with E-state index < -0.39 is 10.2 Å². The van der Waals surface area contributed by atoms with Crippen molar-refractivity contribution >= 4 is 10.2 Å². The summed E-state index contributed by atoms with van der Waals surface area (Å²) in [6.45, 7) is 1.33. The molecule has 1 unspecified atom stereocenters. The van der Waals surface area contributed by atoms with E-state index in [1.807, 2.05) is 0 Å². The van der Waals surface area contributed by atoms with E-state index in [9.17, 15) is 8.42 Å². The van der Waals surface area contributed by atoms with Gasteiger partial charge in [0.2, 0.25) is 0 Å². The van der Waals surface area contributed by atoms with Crippen molar-refractivity contribution in [2.45, 2.75) is 0 Å². The fourth-order valence-electron chi connectivity index (χ4n) is 2.21. The number of rotatable bonds is 3. The summed E-state index contributed by atoms with van der Waals surface area (Å²) in [5.74, 6) is 1.14. The van der Waals surface area contributed by atoms with Gasteiger partial charge < -0.3 is 5.11 Å². The molecule has 0 spiro atoms. The lowest BCUT2D eigenvalue weighted by Crippen LogP contribution is -2.39. The number of fused-ring (bicyclic) bond motifs is 1. The molecule has 2 aliphatic rings. The smallest absolute Gasteiger partial charge is 0.279 e. The number of nitrogens with zero attached hydrogens (tertiary/aromatic N) is 1. The van der Waals surface area contributed by atoms with Crippen molar-refractivity contribution in [3.05, 3.63) is 0 Å². The highest BCUT2D eigenvalue weighted by Crippen LogP contribution is 2.51. The molecule has 0 radical (unpaired) electrons. The second-order valence-corrected chi connectivity index (χ2v) is 5.58. The number of hydrogen-bond acceptors (Lipinski definition) is 3. The van der Waals surface area contributed by atoms with E-state index in [1.54, 1.807) is 0 Å². The van der Waals surface area contributed by atoms with E-state index in [-0.39, 0.29) is 6.61 Å². The lowest BCUT2D eigenvalue weighted by atomic mass is 10.3. The molecule has 76 valence electrons. The van der Waals surface area contributed by atoms with Gasteiger partial charge in [-0.1, -0.05) is 0 Å². The molecule has 2 N–H and O–H groups in total. The average molecular weight is 206 g/mol. The lowest BCUT2D eigenvalue weighted by molar-refractivity contribution is 0.247. The summed E-state index contributed by atoms with van der Waals surface area (Å²) in [7, 11) is -1.81. The quantitative estimate of drug-likeness (QED) is 0.598. The van der Waals surface area contributed by atoms with Crippen LogP contribution in [0.3, 0.4) is 0 Å². The molecular formula is C7H14N2O3S. The molecule has 0 amide bonds. The van der Waals surface area contributed by atoms with Crippen molar-refractivity contribution in [2.24, 2.45) is 17.8 Å². The minimum absolute atomic E-state index is 0.197. The number of nitrogens with one attached hydrogen (secondary N) is 1. The highest BCUT2D eigenvalue weighted by atomic mass is 32.2. The Morgan fingerprint density at radius 3 is 2.38 bits per heavy atom. The van der Waals surface area contributed by atoms with Gasteiger partial charge in [-0.15, -0.1) is 0 Å². The van der Waals surface area contributed by atoms with Crippen molar-refractivity contribution in [1.82, 2.24) is 9.03 Å². The predicted molar refractivity (Wildman–Crippen MR) is 47.1 cm³/mol. The molecule has 1 aliphatic heterocycles. The van der Waals surface area contributed by atoms with Crippen molar-refractivity contribution in [2.75, 3.05) is 26.7 Å². The van der Waals surface area contributed by atoms with Gasteiger partial charge in [0.05, 0.1) is 0 Å². The van der Waals surface area contributed by atoms with Crippen LogP contribution < -0.4 is 4.72 Å². The first-order valence-corrected chi connectivity index (χ1v) is 5.83. The van der Waals surface area contributed by atoms with Crippen LogP contribution in [0.5, 0.6) is 0 Å². The van der Waals surface area contributed by atoms with E-state index in [1.165, 1.54) is 11.4 Å². The summed E-state index contributed by atoms with van der Waals surface area (Å²) in [6, 6.07) is 0. The Balaban J connectivity index is 1.98. The van der Waals surface area contributed by atoms with Gasteiger partial charge in [0.1, 0.15) is 0 Å². The van der Waals surface area contributed by atoms with Crippen LogP contribution in [0.15, 0.2) is 0 Å². The molecule has 2 rings (SSSR count). The summed E-state index contributed by atoms with van der Waals surface area (Å²) in [6.07, 6.45) is 0. The van der Waals surface area contributed by atoms with Crippen molar-refractivity contribution in [1.29, 1.82) is 0 Å². The Morgan fingerprint density at radius 1 is 1.46 bits per heavy atom. The first kappa shape index (κ1) is 9.39. The Kier molecular flexibility index (Phi) is 2.10. The molecule has 0 aromatic heterocycles. The van der Waals surface area contributed by atoms with Gasteiger partial charge >= 0.3 is 0 Å². The summed E-state index contributed by atoms with van der Waals surface area (Å²) < 4.78 is 26.4. The molecule has 0 bridgehead atoms. The van der Waals surface area contributed by atoms with Crippen molar-refractivity contribution in [3.8, 4) is 0 Å². The Hall–Kier alpha value is -0.170. The van der Waals surface area contributed by atoms with E-state index in [0.29, 0.717) is 30.8 Å². The molecule has 1 heterocycles. The highest BCUT2D eigenvalue weighted by molar-refractivity contribution is 7.87. The van der Waals surface area contributed by atoms with Gasteiger partial charge in [-0.25, -0.2) is 4.72 Å². The molecule has 1 saturated heterocycles. The van der Waals surface area contributed by atoms with Gasteiger partial charge in [0.25, 0.3) is 10.2 Å². The third-order valence-corrected chi connectivity index (χ3v) is 4.64. The van der Waals surface area contributed by atoms with Crippen LogP contribution in [0.1, 0.15) is 0 Å². The largest absolute Gasteiger partial charge is 0.396 e. The van der Waals surface area contributed by atoms with Gasteiger partial charge in [-0.05, 0) is 17.8 Å². The Labute approximate surface area is 77.9 Å². The van der Waals surface area contributed by atoms with Crippen LogP contribution >= 0.6 is 0 Å². The first-order valence-electron chi connectivity index (χ1n) is 4.39.